The van der Waals surface area contributed by atoms with Crippen LogP contribution in [0.15, 0.2) is 267 Å². The molecule has 0 bridgehead atoms. The van der Waals surface area contributed by atoms with Crippen molar-refractivity contribution in [3.8, 4) is 0 Å². The zero-order valence-corrected chi connectivity index (χ0v) is 35.2. The van der Waals surface area contributed by atoms with Crippen molar-refractivity contribution >= 4 is 11.6 Å². The molecule has 0 aromatic heterocycles. The highest BCUT2D eigenvalue weighted by Gasteiger charge is 2.39. The second kappa shape index (κ2) is 18.4. The molecule has 9 rings (SSSR count). The summed E-state index contributed by atoms with van der Waals surface area (Å²) >= 11 is 0. The molecule has 62 heavy (non-hydrogen) atoms. The van der Waals surface area contributed by atoms with Crippen molar-refractivity contribution in [3.63, 3.8) is 0 Å². The van der Waals surface area contributed by atoms with Crippen molar-refractivity contribution in [3.05, 3.63) is 334 Å². The van der Waals surface area contributed by atoms with Gasteiger partial charge in [0, 0.05) is 0 Å². The second-order valence-electron chi connectivity index (χ2n) is 16.0. The van der Waals surface area contributed by atoms with Crippen LogP contribution in [0.1, 0.15) is 66.8 Å². The summed E-state index contributed by atoms with van der Waals surface area (Å²) in [7, 11) is 0. The van der Waals surface area contributed by atoms with Crippen LogP contribution >= 0.6 is 0 Å². The quantitative estimate of drug-likeness (QED) is 0.0806. The molecule has 0 amide bonds. The predicted octanol–water partition coefficient (Wildman–Crippen LogP) is 15.1. The Morgan fingerprint density at radius 3 is 1.13 bits per heavy atom. The minimum atomic E-state index is -0.512. The van der Waals surface area contributed by atoms with Crippen molar-refractivity contribution < 1.29 is 0 Å². The topological polar surface area (TPSA) is 0 Å². The number of aryl methyl sites for hydroxylation is 1. The van der Waals surface area contributed by atoms with E-state index in [4.69, 9.17) is 0 Å². The molecule has 0 heterocycles. The van der Waals surface area contributed by atoms with Gasteiger partial charge in [-0.15, -0.1) is 0 Å². The van der Waals surface area contributed by atoms with Crippen LogP contribution in [0.25, 0.3) is 11.6 Å². The minimum Gasteiger partial charge on any atom is -0.0722 e. The van der Waals surface area contributed by atoms with E-state index in [0.29, 0.717) is 0 Å². The number of benzene rings is 9. The van der Waals surface area contributed by atoms with E-state index in [1.54, 1.807) is 0 Å². The lowest BCUT2D eigenvalue weighted by atomic mass is 9.65. The Kier molecular flexibility index (Phi) is 11.8. The Morgan fingerprint density at radius 2 is 0.710 bits per heavy atom. The molecule has 0 saturated heterocycles. The summed E-state index contributed by atoms with van der Waals surface area (Å²) in [5, 5.41) is 0. The molecular weight excluding hydrogens is 745 g/mol. The predicted molar refractivity (Wildman–Crippen MR) is 261 cm³/mol. The molecule has 0 spiro atoms. The number of rotatable bonds is 13. The molecule has 0 heteroatoms. The molecule has 0 atom stereocenters. The third-order valence-corrected chi connectivity index (χ3v) is 12.4. The van der Waals surface area contributed by atoms with Gasteiger partial charge in [0.25, 0.3) is 0 Å². The fourth-order valence-corrected chi connectivity index (χ4v) is 9.51. The molecule has 9 aromatic carbocycles. The van der Waals surface area contributed by atoms with E-state index >= 15 is 0 Å². The summed E-state index contributed by atoms with van der Waals surface area (Å²) in [6.45, 7) is 2.21. The monoisotopic (exact) mass is 794 g/mol. The maximum atomic E-state index is 2.42. The van der Waals surface area contributed by atoms with Crippen LogP contribution in [0.3, 0.4) is 0 Å². The molecular formula is C62H50. The first-order valence-electron chi connectivity index (χ1n) is 21.6. The normalized spacial score (nSPS) is 12.0. The summed E-state index contributed by atoms with van der Waals surface area (Å²) in [4.78, 5) is 0. The van der Waals surface area contributed by atoms with Gasteiger partial charge in [0.05, 0.1) is 10.8 Å². The van der Waals surface area contributed by atoms with Gasteiger partial charge >= 0.3 is 0 Å². The third-order valence-electron chi connectivity index (χ3n) is 12.4. The highest BCUT2D eigenvalue weighted by Crippen LogP contribution is 2.47. The van der Waals surface area contributed by atoms with Crippen LogP contribution in [-0.2, 0) is 17.3 Å². The average Bonchev–Trinajstić information content (AvgIpc) is 3.35. The van der Waals surface area contributed by atoms with Gasteiger partial charge in [-0.05, 0) is 85.7 Å². The molecule has 0 nitrogen and oxygen atoms in total. The standard InChI is InChI=1S/C62H50/c1-48-24-20-21-41-60(48)51(44-42-49-25-22-39-58(46-49)61(52-27-8-2-9-28-52,53-29-10-3-11-30-53)54-31-12-4-13-32-54)45-43-50-26-23-40-59(47-50)62(55-33-14-5-15-34-55,56-35-16-6-17-36-56)57-37-18-7-19-38-57/h2-42,44-47H,43H2,1H3/b44-42+,51-45+. The van der Waals surface area contributed by atoms with Crippen molar-refractivity contribution in [1.82, 2.24) is 0 Å². The summed E-state index contributed by atoms with van der Waals surface area (Å²) < 4.78 is 0. The largest absolute Gasteiger partial charge is 0.0722 e. The van der Waals surface area contributed by atoms with E-state index in [9.17, 15) is 0 Å². The SMILES string of the molecule is Cc1ccccc1C(/C=C/c1cccc(C(c2ccccc2)(c2ccccc2)c2ccccc2)c1)=C/Cc1cccc(C(c2ccccc2)(c2ccccc2)c2ccccc2)c1. The second-order valence-corrected chi connectivity index (χ2v) is 16.0. The van der Waals surface area contributed by atoms with Gasteiger partial charge in [-0.25, -0.2) is 0 Å². The average molecular weight is 795 g/mol. The Bertz CT molecular complexity index is 2700. The third kappa shape index (κ3) is 7.80. The molecule has 0 aliphatic carbocycles. The summed E-state index contributed by atoms with van der Waals surface area (Å²) in [5.41, 5.74) is 15.0. The summed E-state index contributed by atoms with van der Waals surface area (Å²) in [6, 6.07) is 92.7. The van der Waals surface area contributed by atoms with Gasteiger partial charge in [0.1, 0.15) is 0 Å². The molecule has 0 aliphatic heterocycles. The van der Waals surface area contributed by atoms with Crippen LogP contribution < -0.4 is 0 Å². The lowest BCUT2D eigenvalue weighted by Crippen LogP contribution is -2.31. The van der Waals surface area contributed by atoms with Crippen molar-refractivity contribution in [2.24, 2.45) is 0 Å². The van der Waals surface area contributed by atoms with Crippen molar-refractivity contribution in [1.29, 1.82) is 0 Å². The van der Waals surface area contributed by atoms with E-state index in [2.05, 4.69) is 280 Å². The zero-order valence-electron chi connectivity index (χ0n) is 35.2. The van der Waals surface area contributed by atoms with Crippen LogP contribution in [0.2, 0.25) is 0 Å². The molecule has 0 aliphatic rings. The molecule has 0 unspecified atom stereocenters. The van der Waals surface area contributed by atoms with Gasteiger partial charge in [0.15, 0.2) is 0 Å². The Morgan fingerprint density at radius 1 is 0.355 bits per heavy atom. The summed E-state index contributed by atoms with van der Waals surface area (Å²) in [5.74, 6) is 0. The van der Waals surface area contributed by atoms with Crippen molar-refractivity contribution in [2.75, 3.05) is 0 Å². The smallest absolute Gasteiger partial charge is 0.0701 e. The highest BCUT2D eigenvalue weighted by atomic mass is 14.4. The first-order valence-corrected chi connectivity index (χ1v) is 21.6. The number of allylic oxidation sites excluding steroid dienone is 3. The lowest BCUT2D eigenvalue weighted by molar-refractivity contribution is 0.743. The number of hydrogen-bond donors (Lipinski definition) is 0. The molecule has 0 saturated carbocycles. The highest BCUT2D eigenvalue weighted by molar-refractivity contribution is 5.81. The van der Waals surface area contributed by atoms with E-state index in [1.165, 1.54) is 66.8 Å². The Balaban J connectivity index is 1.14. The lowest BCUT2D eigenvalue weighted by Gasteiger charge is -2.37. The van der Waals surface area contributed by atoms with Gasteiger partial charge in [-0.3, -0.25) is 0 Å². The van der Waals surface area contributed by atoms with Gasteiger partial charge < -0.3 is 0 Å². The molecule has 298 valence electrons. The Hall–Kier alpha value is -7.54. The van der Waals surface area contributed by atoms with Gasteiger partial charge in [-0.1, -0.05) is 273 Å². The molecule has 0 N–H and O–H groups in total. The van der Waals surface area contributed by atoms with E-state index < -0.39 is 10.8 Å². The summed E-state index contributed by atoms with van der Waals surface area (Å²) in [6.07, 6.45) is 7.77. The molecule has 0 fully saturated rings. The first kappa shape index (κ1) is 39.9. The first-order chi connectivity index (χ1) is 30.7. The van der Waals surface area contributed by atoms with Gasteiger partial charge in [0.2, 0.25) is 0 Å². The minimum absolute atomic E-state index is 0.498. The van der Waals surface area contributed by atoms with Crippen molar-refractivity contribution in [2.45, 2.75) is 24.2 Å². The van der Waals surface area contributed by atoms with Crippen LogP contribution in [0.4, 0.5) is 0 Å². The zero-order chi connectivity index (χ0) is 42.0. The maximum Gasteiger partial charge on any atom is 0.0701 e. The van der Waals surface area contributed by atoms with Gasteiger partial charge in [-0.2, -0.15) is 0 Å². The van der Waals surface area contributed by atoms with Crippen LogP contribution in [-0.4, -0.2) is 0 Å². The fraction of sp³-hybridized carbons (Fsp3) is 0.0645. The molecule has 0 radical (unpaired) electrons. The van der Waals surface area contributed by atoms with Crippen LogP contribution in [0, 0.1) is 6.92 Å². The van der Waals surface area contributed by atoms with E-state index in [0.717, 1.165) is 12.0 Å². The fourth-order valence-electron chi connectivity index (χ4n) is 9.51. The van der Waals surface area contributed by atoms with Crippen LogP contribution in [0.5, 0.6) is 0 Å². The van der Waals surface area contributed by atoms with E-state index in [-0.39, 0.29) is 0 Å². The maximum absolute atomic E-state index is 2.42. The molecule has 9 aromatic rings. The Labute approximate surface area is 367 Å². The number of hydrogen-bond acceptors (Lipinski definition) is 0. The van der Waals surface area contributed by atoms with E-state index in [1.807, 2.05) is 0 Å².